The molecule has 1 aromatic heterocycles. The van der Waals surface area contributed by atoms with Crippen LogP contribution in [0.1, 0.15) is 23.7 Å². The molecule has 37 heavy (non-hydrogen) atoms. The van der Waals surface area contributed by atoms with Crippen LogP contribution in [-0.2, 0) is 17.5 Å². The zero-order valence-electron chi connectivity index (χ0n) is 19.3. The quantitative estimate of drug-likeness (QED) is 0.229. The van der Waals surface area contributed by atoms with E-state index in [4.69, 9.17) is 21.6 Å². The Morgan fingerprint density at radius 2 is 1.97 bits per heavy atom. The van der Waals surface area contributed by atoms with Gasteiger partial charge in [0.2, 0.25) is 5.75 Å². The Morgan fingerprint density at radius 1 is 1.27 bits per heavy atom. The molecule has 2 aromatic carbocycles. The number of benzene rings is 2. The highest BCUT2D eigenvalue weighted by atomic mass is 35.5. The topological polar surface area (TPSA) is 97.3 Å². The van der Waals surface area contributed by atoms with Gasteiger partial charge in [0.25, 0.3) is 5.56 Å². The van der Waals surface area contributed by atoms with E-state index in [1.165, 1.54) is 44.3 Å². The second kappa shape index (κ2) is 11.2. The summed E-state index contributed by atoms with van der Waals surface area (Å²) in [6, 6.07) is 10.8. The van der Waals surface area contributed by atoms with Crippen molar-refractivity contribution >= 4 is 28.7 Å². The van der Waals surface area contributed by atoms with Crippen LogP contribution in [0.4, 0.5) is 17.6 Å². The number of ether oxygens (including phenoxy) is 1. The van der Waals surface area contributed by atoms with Crippen molar-refractivity contribution in [2.75, 3.05) is 7.05 Å². The first kappa shape index (κ1) is 27.3. The summed E-state index contributed by atoms with van der Waals surface area (Å²) in [5.41, 5.74) is -2.80. The SMILES string of the molecule is C/N=C(\C=C(/C(C)=O)c1ccccc1F)Cn1cnc(C(F)(F)F)c(Oc2cc(Cl)cc(C#N)c2)c1=O. The van der Waals surface area contributed by atoms with Crippen LogP contribution in [0.2, 0.25) is 5.02 Å². The number of alkyl halides is 3. The summed E-state index contributed by atoms with van der Waals surface area (Å²) < 4.78 is 61.2. The van der Waals surface area contributed by atoms with Gasteiger partial charge >= 0.3 is 6.18 Å². The third-order valence-corrected chi connectivity index (χ3v) is 5.18. The molecule has 0 bridgehead atoms. The summed E-state index contributed by atoms with van der Waals surface area (Å²) >= 11 is 5.89. The Labute approximate surface area is 212 Å². The Balaban J connectivity index is 2.09. The van der Waals surface area contributed by atoms with Crippen molar-refractivity contribution in [3.05, 3.63) is 92.9 Å². The molecular weight excluding hydrogens is 516 g/mol. The summed E-state index contributed by atoms with van der Waals surface area (Å²) in [5, 5.41) is 9.09. The van der Waals surface area contributed by atoms with E-state index in [2.05, 4.69) is 9.98 Å². The predicted molar refractivity (Wildman–Crippen MR) is 128 cm³/mol. The first-order valence-electron chi connectivity index (χ1n) is 10.4. The maximum absolute atomic E-state index is 14.3. The maximum atomic E-state index is 14.3. The number of nitriles is 1. The second-order valence-corrected chi connectivity index (χ2v) is 7.99. The summed E-state index contributed by atoms with van der Waals surface area (Å²) in [6.45, 7) is 0.797. The fourth-order valence-electron chi connectivity index (χ4n) is 3.25. The number of ketones is 1. The molecule has 0 aliphatic rings. The normalized spacial score (nSPS) is 12.3. The van der Waals surface area contributed by atoms with Crippen molar-refractivity contribution in [2.45, 2.75) is 19.6 Å². The third-order valence-electron chi connectivity index (χ3n) is 4.96. The minimum atomic E-state index is -5.04. The van der Waals surface area contributed by atoms with E-state index in [0.29, 0.717) is 6.33 Å². The first-order valence-corrected chi connectivity index (χ1v) is 10.8. The molecule has 0 radical (unpaired) electrons. The van der Waals surface area contributed by atoms with E-state index in [9.17, 15) is 27.2 Å². The van der Waals surface area contributed by atoms with Crippen LogP contribution in [0.15, 0.2) is 64.7 Å². The van der Waals surface area contributed by atoms with Crippen LogP contribution in [-0.4, -0.2) is 28.1 Å². The maximum Gasteiger partial charge on any atom is 0.437 e. The fraction of sp³-hybridized carbons (Fsp3) is 0.160. The lowest BCUT2D eigenvalue weighted by molar-refractivity contribution is -0.142. The number of carbonyl (C=O) groups excluding carboxylic acids is 1. The number of allylic oxidation sites excluding steroid dienone is 2. The van der Waals surface area contributed by atoms with E-state index in [1.807, 2.05) is 0 Å². The lowest BCUT2D eigenvalue weighted by Gasteiger charge is -2.15. The molecule has 0 saturated heterocycles. The third kappa shape index (κ3) is 6.48. The van der Waals surface area contributed by atoms with Crippen LogP contribution in [0.5, 0.6) is 11.5 Å². The van der Waals surface area contributed by atoms with Gasteiger partial charge in [0.05, 0.1) is 30.2 Å². The molecule has 0 N–H and O–H groups in total. The molecule has 0 atom stereocenters. The van der Waals surface area contributed by atoms with Gasteiger partial charge in [-0.1, -0.05) is 29.8 Å². The van der Waals surface area contributed by atoms with Crippen LogP contribution >= 0.6 is 11.6 Å². The Bertz CT molecular complexity index is 1520. The molecular formula is C25H17ClF4N4O3. The van der Waals surface area contributed by atoms with Gasteiger partial charge in [0, 0.05) is 23.2 Å². The Morgan fingerprint density at radius 3 is 2.57 bits per heavy atom. The van der Waals surface area contributed by atoms with Crippen molar-refractivity contribution in [1.29, 1.82) is 5.26 Å². The number of halogens is 5. The van der Waals surface area contributed by atoms with Crippen molar-refractivity contribution in [3.8, 4) is 17.6 Å². The minimum Gasteiger partial charge on any atom is -0.449 e. The number of aromatic nitrogens is 2. The molecule has 190 valence electrons. The molecule has 3 aromatic rings. The summed E-state index contributed by atoms with van der Waals surface area (Å²) in [7, 11) is 1.33. The van der Waals surface area contributed by atoms with Crippen LogP contribution in [0.3, 0.4) is 0 Å². The number of aliphatic imine (C=N–C) groups is 1. The lowest BCUT2D eigenvalue weighted by atomic mass is 10.00. The molecule has 0 saturated carbocycles. The molecule has 7 nitrogen and oxygen atoms in total. The van der Waals surface area contributed by atoms with Crippen molar-refractivity contribution in [3.63, 3.8) is 0 Å². The summed E-state index contributed by atoms with van der Waals surface area (Å²) in [6.07, 6.45) is -3.15. The fourth-order valence-corrected chi connectivity index (χ4v) is 3.48. The average Bonchev–Trinajstić information content (AvgIpc) is 2.83. The first-order chi connectivity index (χ1) is 17.4. The van der Waals surface area contributed by atoms with Gasteiger partial charge in [0.15, 0.2) is 11.5 Å². The van der Waals surface area contributed by atoms with Gasteiger partial charge < -0.3 is 4.74 Å². The van der Waals surface area contributed by atoms with Crippen LogP contribution in [0, 0.1) is 17.1 Å². The molecule has 3 rings (SSSR count). The Kier molecular flexibility index (Phi) is 8.24. The largest absolute Gasteiger partial charge is 0.449 e. The van der Waals surface area contributed by atoms with Gasteiger partial charge in [-0.15, -0.1) is 0 Å². The molecule has 0 fully saturated rings. The highest BCUT2D eigenvalue weighted by Crippen LogP contribution is 2.35. The number of hydrogen-bond acceptors (Lipinski definition) is 6. The van der Waals surface area contributed by atoms with E-state index in [0.717, 1.165) is 22.8 Å². The monoisotopic (exact) mass is 532 g/mol. The summed E-state index contributed by atoms with van der Waals surface area (Å²) in [4.78, 5) is 32.6. The number of hydrogen-bond donors (Lipinski definition) is 0. The van der Waals surface area contributed by atoms with E-state index in [-0.39, 0.29) is 33.2 Å². The smallest absolute Gasteiger partial charge is 0.437 e. The zero-order valence-corrected chi connectivity index (χ0v) is 20.1. The standard InChI is InChI=1S/C25H17ClF4N4O3/c1-14(35)20(19-5-3-4-6-21(19)27)10-17(32-2)12-34-13-33-23(25(28,29)30)22(24(34)36)37-18-8-15(11-31)7-16(26)9-18/h3-10,13H,12H2,1-2H3/b20-10+,32-17+. The van der Waals surface area contributed by atoms with Gasteiger partial charge in [0.1, 0.15) is 11.6 Å². The summed E-state index contributed by atoms with van der Waals surface area (Å²) in [5.74, 6) is -2.60. The minimum absolute atomic E-state index is 0.00210. The molecule has 1 heterocycles. The molecule has 0 spiro atoms. The number of rotatable bonds is 7. The second-order valence-electron chi connectivity index (χ2n) is 7.55. The van der Waals surface area contributed by atoms with Crippen molar-refractivity contribution in [2.24, 2.45) is 4.99 Å². The molecule has 12 heteroatoms. The lowest BCUT2D eigenvalue weighted by Crippen LogP contribution is -2.28. The highest BCUT2D eigenvalue weighted by molar-refractivity contribution is 6.30. The molecule has 0 aliphatic carbocycles. The molecule has 0 amide bonds. The van der Waals surface area contributed by atoms with Gasteiger partial charge in [-0.05, 0) is 37.3 Å². The molecule has 0 aliphatic heterocycles. The van der Waals surface area contributed by atoms with Crippen LogP contribution in [0.25, 0.3) is 5.57 Å². The van der Waals surface area contributed by atoms with Crippen molar-refractivity contribution < 1.29 is 27.1 Å². The zero-order chi connectivity index (χ0) is 27.3. The van der Waals surface area contributed by atoms with Crippen molar-refractivity contribution in [1.82, 2.24) is 9.55 Å². The predicted octanol–water partition coefficient (Wildman–Crippen LogP) is 5.46. The number of Topliss-reactive ketones (excluding diaryl/α,β-unsaturated/α-hetero) is 1. The number of carbonyl (C=O) groups is 1. The molecule has 0 unspecified atom stereocenters. The van der Waals surface area contributed by atoms with Gasteiger partial charge in [-0.3, -0.25) is 19.1 Å². The Hall–Kier alpha value is -4.30. The highest BCUT2D eigenvalue weighted by Gasteiger charge is 2.38. The van der Waals surface area contributed by atoms with Crippen LogP contribution < -0.4 is 10.3 Å². The number of nitrogens with zero attached hydrogens (tertiary/aromatic N) is 4. The average molecular weight is 533 g/mol. The van der Waals surface area contributed by atoms with E-state index < -0.39 is 41.3 Å². The van der Waals surface area contributed by atoms with Gasteiger partial charge in [-0.2, -0.15) is 18.4 Å². The van der Waals surface area contributed by atoms with Gasteiger partial charge in [-0.25, -0.2) is 9.37 Å². The van der Waals surface area contributed by atoms with E-state index >= 15 is 0 Å². The van der Waals surface area contributed by atoms with E-state index in [1.54, 1.807) is 6.07 Å².